The van der Waals surface area contributed by atoms with Gasteiger partial charge in [0.05, 0.1) is 17.4 Å². The number of hydrogen-bond acceptors (Lipinski definition) is 4. The zero-order chi connectivity index (χ0) is 14.8. The van der Waals surface area contributed by atoms with Crippen LogP contribution >= 0.6 is 0 Å². The summed E-state index contributed by atoms with van der Waals surface area (Å²) in [5, 5.41) is 6.61. The lowest BCUT2D eigenvalue weighted by molar-refractivity contribution is -0.118. The molecule has 3 heterocycles. The quantitative estimate of drug-likeness (QED) is 0.716. The summed E-state index contributed by atoms with van der Waals surface area (Å²) in [7, 11) is 0. The van der Waals surface area contributed by atoms with Crippen molar-refractivity contribution in [2.75, 3.05) is 5.32 Å². The molecule has 0 unspecified atom stereocenters. The highest BCUT2D eigenvalue weighted by Crippen LogP contribution is 2.12. The van der Waals surface area contributed by atoms with Gasteiger partial charge >= 0.3 is 0 Å². The van der Waals surface area contributed by atoms with Gasteiger partial charge in [-0.15, -0.1) is 0 Å². The van der Waals surface area contributed by atoms with E-state index in [0.717, 1.165) is 0 Å². The first kappa shape index (κ1) is 12.9. The number of fused-ring (bicyclic) bond motifs is 1. The molecule has 3 rings (SSSR count). The van der Waals surface area contributed by atoms with Crippen LogP contribution in [0.5, 0.6) is 0 Å². The summed E-state index contributed by atoms with van der Waals surface area (Å²) in [6.07, 6.45) is 6.35. The van der Waals surface area contributed by atoms with Gasteiger partial charge in [-0.3, -0.25) is 14.3 Å². The van der Waals surface area contributed by atoms with Crippen molar-refractivity contribution < 1.29 is 9.59 Å². The van der Waals surface area contributed by atoms with Gasteiger partial charge in [0.1, 0.15) is 12.9 Å². The summed E-state index contributed by atoms with van der Waals surface area (Å²) in [6.45, 7) is -0.0384. The van der Waals surface area contributed by atoms with Crippen molar-refractivity contribution >= 4 is 23.0 Å². The smallest absolute Gasteiger partial charge is 0.276 e. The van der Waals surface area contributed by atoms with Crippen molar-refractivity contribution in [3.8, 4) is 0 Å². The number of anilines is 1. The van der Waals surface area contributed by atoms with Crippen molar-refractivity contribution in [2.45, 2.75) is 6.54 Å². The van der Waals surface area contributed by atoms with Crippen molar-refractivity contribution in [3.05, 3.63) is 48.8 Å². The molecule has 106 valence electrons. The summed E-state index contributed by atoms with van der Waals surface area (Å²) in [6, 6.07) is 5.49. The average Bonchev–Trinajstić information content (AvgIpc) is 3.04. The van der Waals surface area contributed by atoms with Crippen LogP contribution in [0.25, 0.3) is 5.52 Å². The molecule has 0 saturated heterocycles. The minimum Gasteiger partial charge on any atom is -0.368 e. The average molecular weight is 284 g/mol. The number of imidazole rings is 1. The molecule has 0 spiro atoms. The number of carbonyl (C=O) groups is 2. The molecule has 21 heavy (non-hydrogen) atoms. The molecule has 3 N–H and O–H groups in total. The van der Waals surface area contributed by atoms with Crippen LogP contribution in [0.3, 0.4) is 0 Å². The lowest BCUT2D eigenvalue weighted by atomic mass is 10.3. The Morgan fingerprint density at radius 1 is 1.33 bits per heavy atom. The topological polar surface area (TPSA) is 107 Å². The molecule has 0 bridgehead atoms. The largest absolute Gasteiger partial charge is 0.368 e. The van der Waals surface area contributed by atoms with Crippen LogP contribution in [0.2, 0.25) is 0 Å². The molecule has 0 aliphatic carbocycles. The van der Waals surface area contributed by atoms with Gasteiger partial charge in [-0.25, -0.2) is 4.98 Å². The lowest BCUT2D eigenvalue weighted by Gasteiger charge is -2.00. The summed E-state index contributed by atoms with van der Waals surface area (Å²) in [5.41, 5.74) is 6.57. The Kier molecular flexibility index (Phi) is 3.11. The minimum atomic E-state index is -0.504. The van der Waals surface area contributed by atoms with Crippen LogP contribution < -0.4 is 11.1 Å². The molecule has 3 aromatic rings. The van der Waals surface area contributed by atoms with E-state index in [2.05, 4.69) is 15.4 Å². The molecule has 8 nitrogen and oxygen atoms in total. The van der Waals surface area contributed by atoms with Crippen LogP contribution in [0.4, 0.5) is 5.69 Å². The number of nitrogens with one attached hydrogen (secondary N) is 1. The first-order valence-electron chi connectivity index (χ1n) is 6.17. The maximum atomic E-state index is 12.2. The predicted octanol–water partition coefficient (Wildman–Crippen LogP) is 0.268. The summed E-state index contributed by atoms with van der Waals surface area (Å²) < 4.78 is 3.11. The Labute approximate surface area is 119 Å². The minimum absolute atomic E-state index is 0.0384. The molecule has 0 radical (unpaired) electrons. The maximum Gasteiger partial charge on any atom is 0.276 e. The van der Waals surface area contributed by atoms with Crippen molar-refractivity contribution in [1.82, 2.24) is 19.2 Å². The highest BCUT2D eigenvalue weighted by Gasteiger charge is 2.14. The van der Waals surface area contributed by atoms with E-state index in [9.17, 15) is 9.59 Å². The summed E-state index contributed by atoms with van der Waals surface area (Å²) in [4.78, 5) is 27.1. The van der Waals surface area contributed by atoms with Gasteiger partial charge in [0.25, 0.3) is 5.91 Å². The van der Waals surface area contributed by atoms with Crippen molar-refractivity contribution in [3.63, 3.8) is 0 Å². The first-order chi connectivity index (χ1) is 10.1. The van der Waals surface area contributed by atoms with E-state index >= 15 is 0 Å². The van der Waals surface area contributed by atoms with Gasteiger partial charge in [0, 0.05) is 12.4 Å². The molecule has 0 fully saturated rings. The Morgan fingerprint density at radius 3 is 3.00 bits per heavy atom. The highest BCUT2D eigenvalue weighted by molar-refractivity contribution is 6.07. The molecular weight excluding hydrogens is 272 g/mol. The predicted molar refractivity (Wildman–Crippen MR) is 74.6 cm³/mol. The number of hydrogen-bond donors (Lipinski definition) is 2. The molecule has 8 heteroatoms. The molecule has 0 aliphatic rings. The third-order valence-corrected chi connectivity index (χ3v) is 2.87. The second-order valence-electron chi connectivity index (χ2n) is 4.43. The molecule has 0 saturated carbocycles. The second kappa shape index (κ2) is 5.08. The number of aromatic nitrogens is 4. The maximum absolute atomic E-state index is 12.2. The molecule has 3 aromatic heterocycles. The van der Waals surface area contributed by atoms with Gasteiger partial charge in [-0.2, -0.15) is 5.10 Å². The summed E-state index contributed by atoms with van der Waals surface area (Å²) >= 11 is 0. The van der Waals surface area contributed by atoms with Crippen LogP contribution in [-0.2, 0) is 11.3 Å². The van der Waals surface area contributed by atoms with E-state index in [4.69, 9.17) is 5.73 Å². The number of pyridine rings is 1. The lowest BCUT2D eigenvalue weighted by Crippen LogP contribution is -2.18. The van der Waals surface area contributed by atoms with Crippen LogP contribution in [0.1, 0.15) is 10.5 Å². The molecule has 0 aliphatic heterocycles. The van der Waals surface area contributed by atoms with Crippen molar-refractivity contribution in [2.24, 2.45) is 5.73 Å². The Balaban J connectivity index is 1.80. The number of primary amides is 1. The number of amides is 2. The Hall–Kier alpha value is -3.16. The standard InChI is InChI=1S/C13H12N6O2/c14-11(20)7-19-6-9(5-16-19)17-13(21)12-10-3-1-2-4-18(10)8-15-12/h1-6,8H,7H2,(H2,14,20)(H,17,21). The van der Waals surface area contributed by atoms with E-state index in [0.29, 0.717) is 16.9 Å². The van der Waals surface area contributed by atoms with Gasteiger partial charge in [0.2, 0.25) is 5.91 Å². The van der Waals surface area contributed by atoms with Gasteiger partial charge in [-0.05, 0) is 12.1 Å². The number of nitrogens with zero attached hydrogens (tertiary/aromatic N) is 4. The van der Waals surface area contributed by atoms with Crippen LogP contribution in [-0.4, -0.2) is 31.0 Å². The fraction of sp³-hybridized carbons (Fsp3) is 0.0769. The first-order valence-corrected chi connectivity index (χ1v) is 6.17. The SMILES string of the molecule is NC(=O)Cn1cc(NC(=O)c2ncn3ccccc23)cn1. The Bertz CT molecular complexity index is 819. The third kappa shape index (κ3) is 2.59. The molecule has 0 aromatic carbocycles. The van der Waals surface area contributed by atoms with Crippen LogP contribution in [0.15, 0.2) is 43.1 Å². The fourth-order valence-corrected chi connectivity index (χ4v) is 1.98. The number of nitrogens with two attached hydrogens (primary N) is 1. The van der Waals surface area contributed by atoms with Gasteiger partial charge in [0.15, 0.2) is 5.69 Å². The summed E-state index contributed by atoms with van der Waals surface area (Å²) in [5.74, 6) is -0.849. The molecule has 0 atom stereocenters. The van der Waals surface area contributed by atoms with Crippen molar-refractivity contribution in [1.29, 1.82) is 0 Å². The number of carbonyl (C=O) groups excluding carboxylic acids is 2. The third-order valence-electron chi connectivity index (χ3n) is 2.87. The van der Waals surface area contributed by atoms with E-state index in [-0.39, 0.29) is 12.5 Å². The molecule has 2 amide bonds. The highest BCUT2D eigenvalue weighted by atomic mass is 16.2. The number of rotatable bonds is 4. The second-order valence-corrected chi connectivity index (χ2v) is 4.43. The Morgan fingerprint density at radius 2 is 2.19 bits per heavy atom. The zero-order valence-corrected chi connectivity index (χ0v) is 10.9. The van der Waals surface area contributed by atoms with Gasteiger partial charge in [-0.1, -0.05) is 6.07 Å². The molecular formula is C13H12N6O2. The van der Waals surface area contributed by atoms with E-state index in [1.54, 1.807) is 16.8 Å². The normalized spacial score (nSPS) is 10.7. The van der Waals surface area contributed by atoms with Crippen LogP contribution in [0, 0.1) is 0 Å². The van der Waals surface area contributed by atoms with Gasteiger partial charge < -0.3 is 15.5 Å². The fourth-order valence-electron chi connectivity index (χ4n) is 1.98. The zero-order valence-electron chi connectivity index (χ0n) is 10.9. The van der Waals surface area contributed by atoms with E-state index < -0.39 is 5.91 Å². The van der Waals surface area contributed by atoms with E-state index in [1.807, 2.05) is 18.3 Å². The van der Waals surface area contributed by atoms with E-state index in [1.165, 1.54) is 17.1 Å². The monoisotopic (exact) mass is 284 g/mol.